The summed E-state index contributed by atoms with van der Waals surface area (Å²) in [4.78, 5) is 2.47. The molecule has 2 rings (SSSR count). The molecule has 3 unspecified atom stereocenters. The number of rotatable bonds is 3. The zero-order valence-electron chi connectivity index (χ0n) is 12.4. The van der Waals surface area contributed by atoms with E-state index in [2.05, 4.69) is 78.2 Å². The first kappa shape index (κ1) is 15.0. The van der Waals surface area contributed by atoms with Crippen LogP contribution in [0.1, 0.15) is 38.8 Å². The van der Waals surface area contributed by atoms with Crippen molar-refractivity contribution in [1.82, 2.24) is 10.2 Å². The first-order valence-electron chi connectivity index (χ1n) is 7.19. The van der Waals surface area contributed by atoms with Crippen LogP contribution in [-0.2, 0) is 0 Å². The zero-order valence-corrected chi connectivity index (χ0v) is 13.9. The van der Waals surface area contributed by atoms with Crippen LogP contribution in [0.25, 0.3) is 0 Å². The van der Waals surface area contributed by atoms with Crippen molar-refractivity contribution in [1.29, 1.82) is 0 Å². The Labute approximate surface area is 125 Å². The van der Waals surface area contributed by atoms with Crippen molar-refractivity contribution in [2.75, 3.05) is 13.6 Å². The molecule has 1 aliphatic rings. The van der Waals surface area contributed by atoms with Crippen LogP contribution in [0.15, 0.2) is 28.7 Å². The fourth-order valence-electron chi connectivity index (χ4n) is 2.94. The Kier molecular flexibility index (Phi) is 5.04. The van der Waals surface area contributed by atoms with Gasteiger partial charge in [0.15, 0.2) is 0 Å². The minimum Gasteiger partial charge on any atom is -0.307 e. The van der Waals surface area contributed by atoms with Gasteiger partial charge in [-0.3, -0.25) is 0 Å². The van der Waals surface area contributed by atoms with Gasteiger partial charge < -0.3 is 10.2 Å². The second kappa shape index (κ2) is 6.38. The Morgan fingerprint density at radius 2 is 1.89 bits per heavy atom. The predicted molar refractivity (Wildman–Crippen MR) is 85.4 cm³/mol. The van der Waals surface area contributed by atoms with E-state index in [1.54, 1.807) is 0 Å². The van der Waals surface area contributed by atoms with Crippen molar-refractivity contribution in [2.45, 2.75) is 45.3 Å². The van der Waals surface area contributed by atoms with Gasteiger partial charge in [0.2, 0.25) is 0 Å². The number of nitrogens with zero attached hydrogens (tertiary/aromatic N) is 1. The van der Waals surface area contributed by atoms with Crippen molar-refractivity contribution < 1.29 is 0 Å². The summed E-state index contributed by atoms with van der Waals surface area (Å²) in [7, 11) is 2.23. The molecule has 0 spiro atoms. The smallest absolute Gasteiger partial charge is 0.0294 e. The Morgan fingerprint density at radius 1 is 1.26 bits per heavy atom. The number of nitrogens with one attached hydrogen (secondary N) is 1. The number of piperidine rings is 1. The third kappa shape index (κ3) is 3.80. The number of benzene rings is 1. The molecular weight excluding hydrogens is 300 g/mol. The first-order valence-corrected chi connectivity index (χ1v) is 7.98. The average Bonchev–Trinajstić information content (AvgIpc) is 2.36. The molecule has 106 valence electrons. The topological polar surface area (TPSA) is 15.3 Å². The highest BCUT2D eigenvalue weighted by Crippen LogP contribution is 2.24. The van der Waals surface area contributed by atoms with E-state index in [9.17, 15) is 0 Å². The molecule has 1 N–H and O–H groups in total. The van der Waals surface area contributed by atoms with Crippen LogP contribution in [0.3, 0.4) is 0 Å². The van der Waals surface area contributed by atoms with E-state index in [-0.39, 0.29) is 0 Å². The molecule has 0 radical (unpaired) electrons. The second-order valence-electron chi connectivity index (χ2n) is 6.05. The highest BCUT2D eigenvalue weighted by molar-refractivity contribution is 9.10. The lowest BCUT2D eigenvalue weighted by atomic mass is 9.89. The largest absolute Gasteiger partial charge is 0.307 e. The maximum atomic E-state index is 3.81. The summed E-state index contributed by atoms with van der Waals surface area (Å²) in [6.07, 6.45) is 1.23. The second-order valence-corrected chi connectivity index (χ2v) is 6.96. The monoisotopic (exact) mass is 324 g/mol. The normalized spacial score (nSPS) is 30.3. The Morgan fingerprint density at radius 3 is 2.53 bits per heavy atom. The van der Waals surface area contributed by atoms with Gasteiger partial charge in [0.25, 0.3) is 0 Å². The lowest BCUT2D eigenvalue weighted by molar-refractivity contribution is 0.116. The van der Waals surface area contributed by atoms with Crippen LogP contribution < -0.4 is 5.32 Å². The van der Waals surface area contributed by atoms with Crippen molar-refractivity contribution in [3.8, 4) is 0 Å². The lowest BCUT2D eigenvalue weighted by Crippen LogP contribution is -2.51. The Balaban J connectivity index is 1.98. The molecular formula is C16H25BrN2. The number of halogens is 1. The number of hydrogen-bond acceptors (Lipinski definition) is 2. The maximum absolute atomic E-state index is 3.81. The fraction of sp³-hybridized carbons (Fsp3) is 0.625. The Bertz CT molecular complexity index is 404. The predicted octanol–water partition coefficient (Wildman–Crippen LogP) is 3.83. The van der Waals surface area contributed by atoms with Crippen LogP contribution in [0, 0.1) is 5.92 Å². The molecule has 4 atom stereocenters. The van der Waals surface area contributed by atoms with Crippen LogP contribution in [0.2, 0.25) is 0 Å². The van der Waals surface area contributed by atoms with E-state index in [1.165, 1.54) is 18.5 Å². The molecule has 1 saturated heterocycles. The van der Waals surface area contributed by atoms with Gasteiger partial charge in [-0.25, -0.2) is 0 Å². The highest BCUT2D eigenvalue weighted by Gasteiger charge is 2.29. The summed E-state index contributed by atoms with van der Waals surface area (Å²) in [6.45, 7) is 8.13. The minimum atomic E-state index is 0.413. The van der Waals surface area contributed by atoms with E-state index in [0.29, 0.717) is 24.0 Å². The summed E-state index contributed by atoms with van der Waals surface area (Å²) in [5, 5.41) is 3.81. The summed E-state index contributed by atoms with van der Waals surface area (Å²) in [5.41, 5.74) is 1.36. The molecule has 1 aromatic carbocycles. The lowest BCUT2D eigenvalue weighted by Gasteiger charge is -2.41. The van der Waals surface area contributed by atoms with Gasteiger partial charge in [-0.2, -0.15) is 0 Å². The van der Waals surface area contributed by atoms with Gasteiger partial charge in [0.05, 0.1) is 0 Å². The van der Waals surface area contributed by atoms with Crippen LogP contribution in [0.4, 0.5) is 0 Å². The minimum absolute atomic E-state index is 0.413. The van der Waals surface area contributed by atoms with E-state index in [0.717, 1.165) is 4.47 Å². The van der Waals surface area contributed by atoms with Crippen LogP contribution in [-0.4, -0.2) is 30.6 Å². The van der Waals surface area contributed by atoms with Gasteiger partial charge >= 0.3 is 0 Å². The first-order chi connectivity index (χ1) is 8.97. The molecule has 1 heterocycles. The number of hydrogen-bond donors (Lipinski definition) is 1. The quantitative estimate of drug-likeness (QED) is 0.909. The molecule has 0 aromatic heterocycles. The van der Waals surface area contributed by atoms with Crippen molar-refractivity contribution in [2.24, 2.45) is 5.92 Å². The van der Waals surface area contributed by atoms with Gasteiger partial charge in [-0.1, -0.05) is 35.0 Å². The summed E-state index contributed by atoms with van der Waals surface area (Å²) >= 11 is 3.49. The third-order valence-electron chi connectivity index (χ3n) is 4.44. The average molecular weight is 325 g/mol. The third-order valence-corrected chi connectivity index (χ3v) is 4.97. The molecule has 0 saturated carbocycles. The van der Waals surface area contributed by atoms with E-state index in [4.69, 9.17) is 0 Å². The molecule has 3 heteroatoms. The van der Waals surface area contributed by atoms with Crippen LogP contribution in [0.5, 0.6) is 0 Å². The molecule has 1 aromatic rings. The van der Waals surface area contributed by atoms with E-state index < -0.39 is 0 Å². The van der Waals surface area contributed by atoms with Crippen LogP contribution >= 0.6 is 15.9 Å². The molecule has 19 heavy (non-hydrogen) atoms. The van der Waals surface area contributed by atoms with Gasteiger partial charge in [0.1, 0.15) is 0 Å². The molecule has 0 amide bonds. The van der Waals surface area contributed by atoms with Gasteiger partial charge in [0, 0.05) is 29.1 Å². The van der Waals surface area contributed by atoms with E-state index >= 15 is 0 Å². The number of likely N-dealkylation sites (tertiary alicyclic amines) is 1. The SMILES string of the molecule is CC1CN(C)C(C)CC1N[C@@H](C)c1ccc(Br)cc1. The van der Waals surface area contributed by atoms with Crippen molar-refractivity contribution in [3.63, 3.8) is 0 Å². The Hall–Kier alpha value is -0.380. The molecule has 1 aliphatic heterocycles. The van der Waals surface area contributed by atoms with Gasteiger partial charge in [-0.15, -0.1) is 0 Å². The summed E-state index contributed by atoms with van der Waals surface area (Å²) in [6, 6.07) is 10.3. The standard InChI is InChI=1S/C16H25BrN2/c1-11-10-19(4)12(2)9-16(11)18-13(3)14-5-7-15(17)8-6-14/h5-8,11-13,16,18H,9-10H2,1-4H3/t11?,12?,13-,16?/m0/s1. The highest BCUT2D eigenvalue weighted by atomic mass is 79.9. The summed E-state index contributed by atoms with van der Waals surface area (Å²) < 4.78 is 1.14. The van der Waals surface area contributed by atoms with Crippen molar-refractivity contribution >= 4 is 15.9 Å². The van der Waals surface area contributed by atoms with E-state index in [1.807, 2.05) is 0 Å². The molecule has 0 aliphatic carbocycles. The summed E-state index contributed by atoms with van der Waals surface area (Å²) in [5.74, 6) is 0.707. The maximum Gasteiger partial charge on any atom is 0.0294 e. The molecule has 0 bridgehead atoms. The molecule has 2 nitrogen and oxygen atoms in total. The van der Waals surface area contributed by atoms with Crippen molar-refractivity contribution in [3.05, 3.63) is 34.3 Å². The fourth-order valence-corrected chi connectivity index (χ4v) is 3.21. The molecule has 1 fully saturated rings. The zero-order chi connectivity index (χ0) is 14.0. The van der Waals surface area contributed by atoms with Gasteiger partial charge in [-0.05, 0) is 50.9 Å².